The van der Waals surface area contributed by atoms with Gasteiger partial charge in [0.25, 0.3) is 5.89 Å². The van der Waals surface area contributed by atoms with E-state index >= 15 is 0 Å². The standard InChI is InChI=1S/C14H13FN2O3/c15-10-3-1-2-8-6-11(19-12(8)10)14-17-16-13(20-14)9-4-5-18-7-9/h1-3,9,11H,4-7H2/t9-,11+/m0/s1. The highest BCUT2D eigenvalue weighted by molar-refractivity contribution is 5.39. The maximum atomic E-state index is 13.6. The Bertz CT molecular complexity index is 637. The smallest absolute Gasteiger partial charge is 0.257 e. The molecule has 0 spiro atoms. The zero-order valence-electron chi connectivity index (χ0n) is 10.7. The summed E-state index contributed by atoms with van der Waals surface area (Å²) >= 11 is 0. The van der Waals surface area contributed by atoms with Crippen LogP contribution < -0.4 is 4.74 Å². The molecule has 4 rings (SSSR count). The van der Waals surface area contributed by atoms with Crippen molar-refractivity contribution in [1.29, 1.82) is 0 Å². The first-order valence-corrected chi connectivity index (χ1v) is 6.66. The van der Waals surface area contributed by atoms with Crippen LogP contribution in [0.5, 0.6) is 5.75 Å². The molecule has 104 valence electrons. The van der Waals surface area contributed by atoms with Gasteiger partial charge in [0.15, 0.2) is 17.7 Å². The van der Waals surface area contributed by atoms with Crippen LogP contribution in [-0.4, -0.2) is 23.4 Å². The average Bonchev–Trinajstić information content (AvgIpc) is 3.18. The van der Waals surface area contributed by atoms with Gasteiger partial charge >= 0.3 is 0 Å². The zero-order valence-corrected chi connectivity index (χ0v) is 10.7. The molecule has 3 heterocycles. The summed E-state index contributed by atoms with van der Waals surface area (Å²) < 4.78 is 30.2. The van der Waals surface area contributed by atoms with Gasteiger partial charge in [-0.3, -0.25) is 0 Å². The summed E-state index contributed by atoms with van der Waals surface area (Å²) in [6.07, 6.45) is 1.04. The third kappa shape index (κ3) is 1.87. The van der Waals surface area contributed by atoms with E-state index in [0.717, 1.165) is 18.6 Å². The highest BCUT2D eigenvalue weighted by atomic mass is 19.1. The van der Waals surface area contributed by atoms with Crippen LogP contribution in [0.2, 0.25) is 0 Å². The van der Waals surface area contributed by atoms with Gasteiger partial charge in [0.05, 0.1) is 12.5 Å². The molecular weight excluding hydrogens is 263 g/mol. The molecule has 5 nitrogen and oxygen atoms in total. The zero-order chi connectivity index (χ0) is 13.5. The van der Waals surface area contributed by atoms with Crippen LogP contribution in [0.4, 0.5) is 4.39 Å². The quantitative estimate of drug-likeness (QED) is 0.843. The maximum absolute atomic E-state index is 13.6. The van der Waals surface area contributed by atoms with Crippen LogP contribution >= 0.6 is 0 Å². The van der Waals surface area contributed by atoms with Crippen LogP contribution in [0.3, 0.4) is 0 Å². The first-order valence-electron chi connectivity index (χ1n) is 6.66. The Balaban J connectivity index is 1.57. The van der Waals surface area contributed by atoms with Gasteiger partial charge in [-0.15, -0.1) is 10.2 Å². The minimum absolute atomic E-state index is 0.164. The number of benzene rings is 1. The number of aromatic nitrogens is 2. The van der Waals surface area contributed by atoms with E-state index in [1.54, 1.807) is 6.07 Å². The van der Waals surface area contributed by atoms with Crippen molar-refractivity contribution in [2.75, 3.05) is 13.2 Å². The van der Waals surface area contributed by atoms with Crippen molar-refractivity contribution in [3.05, 3.63) is 41.4 Å². The van der Waals surface area contributed by atoms with E-state index in [0.29, 0.717) is 30.6 Å². The lowest BCUT2D eigenvalue weighted by Gasteiger charge is -2.05. The number of rotatable bonds is 2. The summed E-state index contributed by atoms with van der Waals surface area (Å²) in [6, 6.07) is 4.91. The molecule has 0 amide bonds. The van der Waals surface area contributed by atoms with Crippen LogP contribution in [0.15, 0.2) is 22.6 Å². The number of hydrogen-bond acceptors (Lipinski definition) is 5. The summed E-state index contributed by atoms with van der Waals surface area (Å²) in [6.45, 7) is 1.33. The molecule has 0 bridgehead atoms. The van der Waals surface area contributed by atoms with Crippen LogP contribution in [-0.2, 0) is 11.2 Å². The monoisotopic (exact) mass is 276 g/mol. The molecule has 2 aromatic rings. The number of para-hydroxylation sites is 1. The molecule has 6 heteroatoms. The van der Waals surface area contributed by atoms with Crippen LogP contribution in [0.25, 0.3) is 0 Å². The van der Waals surface area contributed by atoms with E-state index in [2.05, 4.69) is 10.2 Å². The Morgan fingerprint density at radius 3 is 2.90 bits per heavy atom. The molecule has 0 saturated carbocycles. The third-order valence-corrected chi connectivity index (χ3v) is 3.72. The van der Waals surface area contributed by atoms with Crippen molar-refractivity contribution < 1.29 is 18.3 Å². The van der Waals surface area contributed by atoms with Gasteiger partial charge in [0.2, 0.25) is 5.89 Å². The Morgan fingerprint density at radius 1 is 1.20 bits per heavy atom. The summed E-state index contributed by atoms with van der Waals surface area (Å²) in [4.78, 5) is 0. The number of ether oxygens (including phenoxy) is 2. The van der Waals surface area contributed by atoms with Gasteiger partial charge in [-0.25, -0.2) is 4.39 Å². The predicted octanol–water partition coefficient (Wildman–Crippen LogP) is 2.39. The lowest BCUT2D eigenvalue weighted by atomic mass is 10.1. The molecule has 2 aliphatic rings. The molecular formula is C14H13FN2O3. The van der Waals surface area contributed by atoms with E-state index in [4.69, 9.17) is 13.9 Å². The van der Waals surface area contributed by atoms with Gasteiger partial charge < -0.3 is 13.9 Å². The van der Waals surface area contributed by atoms with Gasteiger partial charge in [-0.2, -0.15) is 0 Å². The van der Waals surface area contributed by atoms with Gasteiger partial charge in [-0.05, 0) is 12.5 Å². The second kappa shape index (κ2) is 4.56. The summed E-state index contributed by atoms with van der Waals surface area (Å²) in [5, 5.41) is 8.09. The SMILES string of the molecule is Fc1cccc2c1O[C@@H](c1nnc([C@H]3CCOC3)o1)C2. The molecule has 1 fully saturated rings. The van der Waals surface area contributed by atoms with E-state index in [-0.39, 0.29) is 11.7 Å². The highest BCUT2D eigenvalue weighted by Crippen LogP contribution is 2.38. The highest BCUT2D eigenvalue weighted by Gasteiger charge is 2.32. The molecule has 1 aromatic heterocycles. The van der Waals surface area contributed by atoms with Gasteiger partial charge in [-0.1, -0.05) is 12.1 Å². The molecule has 1 aromatic carbocycles. The normalized spacial score (nSPS) is 24.6. The van der Waals surface area contributed by atoms with Gasteiger partial charge in [0.1, 0.15) is 0 Å². The van der Waals surface area contributed by atoms with Crippen molar-refractivity contribution in [1.82, 2.24) is 10.2 Å². The van der Waals surface area contributed by atoms with Crippen molar-refractivity contribution in [3.8, 4) is 5.75 Å². The van der Waals surface area contributed by atoms with E-state index < -0.39 is 6.10 Å². The number of fused-ring (bicyclic) bond motifs is 1. The van der Waals surface area contributed by atoms with Crippen molar-refractivity contribution in [2.45, 2.75) is 24.9 Å². The fraction of sp³-hybridized carbons (Fsp3) is 0.429. The Hall–Kier alpha value is -1.95. The number of halogens is 1. The topological polar surface area (TPSA) is 57.4 Å². The molecule has 2 aliphatic heterocycles. The van der Waals surface area contributed by atoms with Gasteiger partial charge in [0, 0.05) is 18.6 Å². The summed E-state index contributed by atoms with van der Waals surface area (Å²) in [7, 11) is 0. The van der Waals surface area contributed by atoms with E-state index in [9.17, 15) is 4.39 Å². The largest absolute Gasteiger partial charge is 0.477 e. The molecule has 0 N–H and O–H groups in total. The average molecular weight is 276 g/mol. The third-order valence-electron chi connectivity index (χ3n) is 3.72. The lowest BCUT2D eigenvalue weighted by Crippen LogP contribution is -2.03. The fourth-order valence-corrected chi connectivity index (χ4v) is 2.64. The van der Waals surface area contributed by atoms with Crippen LogP contribution in [0.1, 0.15) is 35.8 Å². The number of nitrogens with zero attached hydrogens (tertiary/aromatic N) is 2. The Morgan fingerprint density at radius 2 is 2.10 bits per heavy atom. The second-order valence-electron chi connectivity index (χ2n) is 5.08. The molecule has 1 saturated heterocycles. The molecule has 0 unspecified atom stereocenters. The maximum Gasteiger partial charge on any atom is 0.257 e. The predicted molar refractivity (Wildman–Crippen MR) is 65.9 cm³/mol. The van der Waals surface area contributed by atoms with Crippen molar-refractivity contribution >= 4 is 0 Å². The van der Waals surface area contributed by atoms with Crippen LogP contribution in [0, 0.1) is 5.82 Å². The summed E-state index contributed by atoms with van der Waals surface area (Å²) in [5.74, 6) is 1.09. The first kappa shape index (κ1) is 11.8. The van der Waals surface area contributed by atoms with Crippen molar-refractivity contribution in [2.24, 2.45) is 0 Å². The minimum Gasteiger partial charge on any atom is -0.477 e. The van der Waals surface area contributed by atoms with E-state index in [1.165, 1.54) is 6.07 Å². The first-order chi connectivity index (χ1) is 9.81. The molecule has 20 heavy (non-hydrogen) atoms. The Labute approximate surface area is 114 Å². The molecule has 0 radical (unpaired) electrons. The second-order valence-corrected chi connectivity index (χ2v) is 5.08. The van der Waals surface area contributed by atoms with E-state index in [1.807, 2.05) is 6.07 Å². The number of hydrogen-bond donors (Lipinski definition) is 0. The minimum atomic E-state index is -0.398. The molecule has 0 aliphatic carbocycles. The fourth-order valence-electron chi connectivity index (χ4n) is 2.64. The Kier molecular flexibility index (Phi) is 2.70. The van der Waals surface area contributed by atoms with Crippen molar-refractivity contribution in [3.63, 3.8) is 0 Å². The lowest BCUT2D eigenvalue weighted by molar-refractivity contribution is 0.179. The molecule has 2 atom stereocenters. The summed E-state index contributed by atoms with van der Waals surface area (Å²) in [5.41, 5.74) is 0.832.